The molecule has 0 bridgehead atoms. The lowest BCUT2D eigenvalue weighted by atomic mass is 10.3. The highest BCUT2D eigenvalue weighted by Gasteiger charge is 2.32. The molecule has 2 rings (SSSR count). The lowest BCUT2D eigenvalue weighted by Crippen LogP contribution is -2.24. The summed E-state index contributed by atoms with van der Waals surface area (Å²) in [6.07, 6.45) is -0.564. The van der Waals surface area contributed by atoms with Crippen molar-refractivity contribution in [3.05, 3.63) is 42.7 Å². The van der Waals surface area contributed by atoms with E-state index in [9.17, 15) is 13.2 Å². The van der Waals surface area contributed by atoms with Crippen molar-refractivity contribution in [2.45, 2.75) is 19.3 Å². The van der Waals surface area contributed by atoms with Gasteiger partial charge in [0.25, 0.3) is 0 Å². The number of aliphatic imine (C=N–C) groups is 1. The highest BCUT2D eigenvalue weighted by atomic mass is 19.4. The first-order chi connectivity index (χ1) is 10.9. The van der Waals surface area contributed by atoms with Crippen LogP contribution in [0.4, 0.5) is 18.9 Å². The van der Waals surface area contributed by atoms with E-state index in [0.717, 1.165) is 0 Å². The molecule has 0 unspecified atom stereocenters. The minimum absolute atomic E-state index is 0.0173. The molecule has 1 heterocycles. The molecule has 0 spiro atoms. The Kier molecular flexibility index (Phi) is 5.45. The number of rotatable bonds is 6. The van der Waals surface area contributed by atoms with Gasteiger partial charge in [0, 0.05) is 25.5 Å². The van der Waals surface area contributed by atoms with Crippen molar-refractivity contribution in [3.63, 3.8) is 0 Å². The number of hydrogen-bond donors (Lipinski definition) is 2. The molecular formula is C14H16F3N5O. The summed E-state index contributed by atoms with van der Waals surface area (Å²) >= 11 is 0. The second-order valence-corrected chi connectivity index (χ2v) is 4.56. The van der Waals surface area contributed by atoms with Gasteiger partial charge in [0.1, 0.15) is 0 Å². The molecule has 0 atom stereocenters. The summed E-state index contributed by atoms with van der Waals surface area (Å²) in [4.78, 5) is 4.06. The van der Waals surface area contributed by atoms with Gasteiger partial charge in [-0.3, -0.25) is 9.67 Å². The first-order valence-corrected chi connectivity index (χ1v) is 6.83. The largest absolute Gasteiger partial charge is 0.573 e. The fraction of sp³-hybridized carbons (Fsp3) is 0.286. The van der Waals surface area contributed by atoms with E-state index in [1.54, 1.807) is 16.9 Å². The van der Waals surface area contributed by atoms with Crippen LogP contribution in [0.5, 0.6) is 5.75 Å². The summed E-state index contributed by atoms with van der Waals surface area (Å²) in [5, 5.41) is 6.65. The van der Waals surface area contributed by atoms with Crippen LogP contribution in [0.15, 0.2) is 47.7 Å². The van der Waals surface area contributed by atoms with E-state index in [4.69, 9.17) is 5.73 Å². The number of ether oxygens (including phenoxy) is 1. The maximum absolute atomic E-state index is 12.3. The molecule has 1 aromatic heterocycles. The lowest BCUT2D eigenvalue weighted by Gasteiger charge is -2.14. The monoisotopic (exact) mass is 327 g/mol. The number of hydrogen-bond acceptors (Lipinski definition) is 3. The highest BCUT2D eigenvalue weighted by Crippen LogP contribution is 2.29. The van der Waals surface area contributed by atoms with Crippen LogP contribution in [0.1, 0.15) is 6.42 Å². The summed E-state index contributed by atoms with van der Waals surface area (Å²) in [7, 11) is 0. The fourth-order valence-electron chi connectivity index (χ4n) is 1.83. The second-order valence-electron chi connectivity index (χ2n) is 4.56. The summed E-state index contributed by atoms with van der Waals surface area (Å²) in [5.41, 5.74) is 5.77. The zero-order valence-corrected chi connectivity index (χ0v) is 12.1. The maximum Gasteiger partial charge on any atom is 0.573 e. The van der Waals surface area contributed by atoms with Gasteiger partial charge in [-0.15, -0.1) is 13.2 Å². The molecule has 0 saturated carbocycles. The van der Waals surface area contributed by atoms with Gasteiger partial charge < -0.3 is 15.8 Å². The van der Waals surface area contributed by atoms with Crippen LogP contribution in [0.3, 0.4) is 0 Å². The Labute approximate surface area is 130 Å². The molecule has 124 valence electrons. The van der Waals surface area contributed by atoms with E-state index < -0.39 is 6.36 Å². The van der Waals surface area contributed by atoms with Gasteiger partial charge in [-0.1, -0.05) is 12.1 Å². The zero-order valence-electron chi connectivity index (χ0n) is 12.1. The van der Waals surface area contributed by atoms with Crippen molar-refractivity contribution >= 4 is 11.6 Å². The predicted octanol–water partition coefficient (Wildman–Crippen LogP) is 2.60. The van der Waals surface area contributed by atoms with Crippen LogP contribution >= 0.6 is 0 Å². The van der Waals surface area contributed by atoms with Crippen molar-refractivity contribution in [1.82, 2.24) is 9.78 Å². The van der Waals surface area contributed by atoms with Crippen LogP contribution in [-0.4, -0.2) is 28.6 Å². The van der Waals surface area contributed by atoms with Crippen molar-refractivity contribution in [2.75, 3.05) is 11.9 Å². The van der Waals surface area contributed by atoms with Crippen LogP contribution in [0.2, 0.25) is 0 Å². The molecule has 9 heteroatoms. The Morgan fingerprint density at radius 3 is 2.78 bits per heavy atom. The molecule has 1 aromatic carbocycles. The summed E-state index contributed by atoms with van der Waals surface area (Å²) < 4.78 is 42.6. The Morgan fingerprint density at radius 1 is 1.30 bits per heavy atom. The van der Waals surface area contributed by atoms with Crippen molar-refractivity contribution < 1.29 is 17.9 Å². The number of aromatic nitrogens is 2. The van der Waals surface area contributed by atoms with E-state index in [-0.39, 0.29) is 17.4 Å². The summed E-state index contributed by atoms with van der Waals surface area (Å²) in [6, 6.07) is 7.44. The van der Waals surface area contributed by atoms with Gasteiger partial charge in [0.15, 0.2) is 11.7 Å². The molecule has 6 nitrogen and oxygen atoms in total. The molecule has 0 aliphatic carbocycles. The predicted molar refractivity (Wildman–Crippen MR) is 80.1 cm³/mol. The van der Waals surface area contributed by atoms with E-state index in [1.165, 1.54) is 18.2 Å². The average Bonchev–Trinajstić information content (AvgIpc) is 2.97. The topological polar surface area (TPSA) is 77.5 Å². The number of aryl methyl sites for hydroxylation is 1. The molecule has 23 heavy (non-hydrogen) atoms. The van der Waals surface area contributed by atoms with E-state index in [0.29, 0.717) is 19.5 Å². The van der Waals surface area contributed by atoms with Crippen molar-refractivity contribution in [2.24, 2.45) is 10.7 Å². The molecule has 0 amide bonds. The number of para-hydroxylation sites is 2. The minimum Gasteiger partial charge on any atom is -0.404 e. The quantitative estimate of drug-likeness (QED) is 0.486. The number of nitrogens with two attached hydrogens (primary N) is 1. The third-order valence-electron chi connectivity index (χ3n) is 2.76. The number of nitrogens with one attached hydrogen (secondary N) is 1. The van der Waals surface area contributed by atoms with Crippen molar-refractivity contribution in [3.8, 4) is 5.75 Å². The fourth-order valence-corrected chi connectivity index (χ4v) is 1.83. The Hall–Kier alpha value is -2.71. The first-order valence-electron chi connectivity index (χ1n) is 6.83. The Morgan fingerprint density at radius 2 is 2.09 bits per heavy atom. The van der Waals surface area contributed by atoms with Gasteiger partial charge in [0.05, 0.1) is 5.69 Å². The van der Waals surface area contributed by atoms with Gasteiger partial charge in [-0.05, 0) is 24.6 Å². The van der Waals surface area contributed by atoms with E-state index >= 15 is 0 Å². The lowest BCUT2D eigenvalue weighted by molar-refractivity contribution is -0.274. The normalized spacial score (nSPS) is 12.2. The molecular weight excluding hydrogens is 311 g/mol. The molecule has 0 radical (unpaired) electrons. The Bertz CT molecular complexity index is 640. The van der Waals surface area contributed by atoms with Crippen LogP contribution in [-0.2, 0) is 6.54 Å². The number of alkyl halides is 3. The molecule has 3 N–H and O–H groups in total. The SMILES string of the molecule is NC(=NCCCn1cccn1)Nc1ccccc1OC(F)(F)F. The maximum atomic E-state index is 12.3. The van der Waals surface area contributed by atoms with E-state index in [1.807, 2.05) is 12.3 Å². The summed E-state index contributed by atoms with van der Waals surface area (Å²) in [6.45, 7) is 1.10. The smallest absolute Gasteiger partial charge is 0.404 e. The van der Waals surface area contributed by atoms with Gasteiger partial charge in [-0.25, -0.2) is 0 Å². The number of guanidine groups is 1. The Balaban J connectivity index is 1.89. The van der Waals surface area contributed by atoms with E-state index in [2.05, 4.69) is 20.1 Å². The first kappa shape index (κ1) is 16.7. The number of anilines is 1. The average molecular weight is 327 g/mol. The standard InChI is InChI=1S/C14H16F3N5O/c15-14(16,17)23-12-6-2-1-5-11(12)21-13(18)19-7-3-9-22-10-4-8-20-22/h1-2,4-6,8,10H,3,7,9H2,(H3,18,19,21). The number of halogens is 3. The minimum atomic E-state index is -4.77. The van der Waals surface area contributed by atoms with Gasteiger partial charge in [-0.2, -0.15) is 5.10 Å². The number of nitrogens with zero attached hydrogens (tertiary/aromatic N) is 3. The molecule has 0 aliphatic heterocycles. The zero-order chi connectivity index (χ0) is 16.7. The molecule has 2 aromatic rings. The van der Waals surface area contributed by atoms with Crippen molar-refractivity contribution in [1.29, 1.82) is 0 Å². The van der Waals surface area contributed by atoms with Crippen LogP contribution < -0.4 is 15.8 Å². The number of benzene rings is 1. The van der Waals surface area contributed by atoms with Crippen LogP contribution in [0.25, 0.3) is 0 Å². The second kappa shape index (κ2) is 7.52. The molecule has 0 aliphatic rings. The molecule has 0 saturated heterocycles. The molecule has 0 fully saturated rings. The third kappa shape index (κ3) is 5.89. The highest BCUT2D eigenvalue weighted by molar-refractivity contribution is 5.93. The van der Waals surface area contributed by atoms with Crippen LogP contribution in [0, 0.1) is 0 Å². The third-order valence-corrected chi connectivity index (χ3v) is 2.76. The van der Waals surface area contributed by atoms with Gasteiger partial charge in [0.2, 0.25) is 0 Å². The van der Waals surface area contributed by atoms with Gasteiger partial charge >= 0.3 is 6.36 Å². The summed E-state index contributed by atoms with van der Waals surface area (Å²) in [5.74, 6) is -0.349.